The van der Waals surface area contributed by atoms with E-state index in [0.717, 1.165) is 36.0 Å². The van der Waals surface area contributed by atoms with Gasteiger partial charge in [-0.1, -0.05) is 19.9 Å². The Morgan fingerprint density at radius 3 is 2.77 bits per heavy atom. The number of rotatable bonds is 9. The largest absolute Gasteiger partial charge is 0.392 e. The van der Waals surface area contributed by atoms with Gasteiger partial charge in [0.25, 0.3) is 5.56 Å². The Kier molecular flexibility index (Phi) is 7.22. The third-order valence-electron chi connectivity index (χ3n) is 7.83. The van der Waals surface area contributed by atoms with Crippen molar-refractivity contribution in [1.82, 2.24) is 24.4 Å². The summed E-state index contributed by atoms with van der Waals surface area (Å²) in [4.78, 5) is 41.7. The number of carbonyl (C=O) groups is 1. The summed E-state index contributed by atoms with van der Waals surface area (Å²) in [7, 11) is 3.63. The number of hydrogen-bond donors (Lipinski definition) is 2. The number of nitrogens with one attached hydrogen (secondary N) is 1. The molecule has 0 amide bonds. The van der Waals surface area contributed by atoms with Gasteiger partial charge in [0.2, 0.25) is 0 Å². The van der Waals surface area contributed by atoms with Crippen LogP contribution in [-0.2, 0) is 18.4 Å². The molecule has 204 valence electrons. The minimum absolute atomic E-state index is 0.209. The van der Waals surface area contributed by atoms with E-state index in [4.69, 9.17) is 0 Å². The van der Waals surface area contributed by atoms with Gasteiger partial charge in [0.15, 0.2) is 6.29 Å². The van der Waals surface area contributed by atoms with Crippen molar-refractivity contribution in [3.63, 3.8) is 0 Å². The molecule has 1 aliphatic carbocycles. The summed E-state index contributed by atoms with van der Waals surface area (Å²) in [5.74, 6) is 1.53. The number of aliphatic hydroxyl groups is 1. The Balaban J connectivity index is 1.40. The molecule has 0 radical (unpaired) electrons. The molecule has 10 nitrogen and oxygen atoms in total. The van der Waals surface area contributed by atoms with Gasteiger partial charge in [-0.25, -0.2) is 9.97 Å². The number of hydrogen-bond acceptors (Lipinski definition) is 9. The second-order valence-corrected chi connectivity index (χ2v) is 11.2. The average molecular weight is 530 g/mol. The van der Waals surface area contributed by atoms with Crippen LogP contribution in [0.5, 0.6) is 0 Å². The van der Waals surface area contributed by atoms with Gasteiger partial charge in [-0.05, 0) is 36.0 Å². The highest BCUT2D eigenvalue weighted by atomic mass is 16.3. The summed E-state index contributed by atoms with van der Waals surface area (Å²) >= 11 is 0. The third kappa shape index (κ3) is 5.29. The zero-order valence-electron chi connectivity index (χ0n) is 22.8. The number of pyridine rings is 2. The van der Waals surface area contributed by atoms with Gasteiger partial charge in [0.1, 0.15) is 17.3 Å². The smallest absolute Gasteiger partial charge is 0.274 e. The van der Waals surface area contributed by atoms with Gasteiger partial charge >= 0.3 is 0 Å². The maximum Gasteiger partial charge on any atom is 0.274 e. The summed E-state index contributed by atoms with van der Waals surface area (Å²) in [5.41, 5.74) is 3.37. The first-order valence-electron chi connectivity index (χ1n) is 13.2. The number of aromatic nitrogens is 4. The summed E-state index contributed by atoms with van der Waals surface area (Å²) in [6.45, 7) is 5.67. The molecular weight excluding hydrogens is 494 g/mol. The molecule has 0 bridgehead atoms. The summed E-state index contributed by atoms with van der Waals surface area (Å²) in [6, 6.07) is 3.94. The Bertz CT molecular complexity index is 1450. The van der Waals surface area contributed by atoms with Crippen LogP contribution < -0.4 is 15.8 Å². The van der Waals surface area contributed by atoms with Crippen LogP contribution in [0.15, 0.2) is 59.7 Å². The van der Waals surface area contributed by atoms with Crippen LogP contribution >= 0.6 is 0 Å². The molecule has 2 N–H and O–H groups in total. The van der Waals surface area contributed by atoms with Crippen molar-refractivity contribution in [2.45, 2.75) is 39.3 Å². The van der Waals surface area contributed by atoms with Crippen LogP contribution in [0.1, 0.15) is 32.3 Å². The molecular formula is C29H35N7O3. The number of likely N-dealkylation sites (N-methyl/N-ethyl adjacent to an activating group) is 1. The topological polar surface area (TPSA) is 116 Å². The molecule has 0 aromatic carbocycles. The van der Waals surface area contributed by atoms with E-state index in [1.807, 2.05) is 18.0 Å². The molecule has 4 heterocycles. The SMILES string of the molecule is CN(CCN1C(C=O)=CC2CC(C)(C)CC21)c1nccc(-c2cc(Nc3cnccn3)c(=O)n(C)c2)c1CO. The van der Waals surface area contributed by atoms with Crippen molar-refractivity contribution in [1.29, 1.82) is 0 Å². The maximum atomic E-state index is 12.8. The van der Waals surface area contributed by atoms with Crippen molar-refractivity contribution >= 4 is 23.6 Å². The highest BCUT2D eigenvalue weighted by Gasteiger charge is 2.45. The molecule has 1 aliphatic heterocycles. The van der Waals surface area contributed by atoms with E-state index >= 15 is 0 Å². The van der Waals surface area contributed by atoms with E-state index < -0.39 is 0 Å². The number of fused-ring (bicyclic) bond motifs is 1. The molecule has 10 heteroatoms. The number of aliphatic hydroxyl groups excluding tert-OH is 1. The lowest BCUT2D eigenvalue weighted by atomic mass is 9.90. The Labute approximate surface area is 228 Å². The number of aldehydes is 1. The van der Waals surface area contributed by atoms with Crippen LogP contribution in [0, 0.1) is 11.3 Å². The lowest BCUT2D eigenvalue weighted by Crippen LogP contribution is -2.38. The highest BCUT2D eigenvalue weighted by Crippen LogP contribution is 2.48. The summed E-state index contributed by atoms with van der Waals surface area (Å²) in [5, 5.41) is 13.5. The number of nitrogens with zero attached hydrogens (tertiary/aromatic N) is 6. The predicted molar refractivity (Wildman–Crippen MR) is 151 cm³/mol. The van der Waals surface area contributed by atoms with Crippen molar-refractivity contribution in [2.24, 2.45) is 18.4 Å². The molecule has 39 heavy (non-hydrogen) atoms. The first kappa shape index (κ1) is 26.6. The first-order chi connectivity index (χ1) is 18.7. The van der Waals surface area contributed by atoms with Crippen LogP contribution in [-0.4, -0.2) is 62.0 Å². The third-order valence-corrected chi connectivity index (χ3v) is 7.83. The zero-order chi connectivity index (χ0) is 27.7. The van der Waals surface area contributed by atoms with Gasteiger partial charge < -0.3 is 24.8 Å². The fraction of sp³-hybridized carbons (Fsp3) is 0.414. The van der Waals surface area contributed by atoms with E-state index in [1.54, 1.807) is 44.1 Å². The van der Waals surface area contributed by atoms with Crippen LogP contribution in [0.3, 0.4) is 0 Å². The normalized spacial score (nSPS) is 19.5. The number of aryl methyl sites for hydroxylation is 1. The van der Waals surface area contributed by atoms with E-state index in [2.05, 4.69) is 45.1 Å². The lowest BCUT2D eigenvalue weighted by Gasteiger charge is -2.32. The van der Waals surface area contributed by atoms with Crippen LogP contribution in [0.25, 0.3) is 11.1 Å². The standard InChI is InChI=1S/C29H35N7O3/c1-29(2)13-19-11-21(17-37)36(25(19)14-29)10-9-34(3)27-23(18-38)22(5-6-32-27)20-12-24(28(39)35(4)16-20)33-26-15-30-7-8-31-26/h5-8,11-12,15-17,19,25,38H,9-10,13-14,18H2,1-4H3,(H,31,33). The minimum Gasteiger partial charge on any atom is -0.392 e. The van der Waals surface area contributed by atoms with E-state index in [1.165, 1.54) is 4.57 Å². The zero-order valence-corrected chi connectivity index (χ0v) is 22.8. The maximum absolute atomic E-state index is 12.8. The van der Waals surface area contributed by atoms with E-state index in [-0.39, 0.29) is 17.6 Å². The van der Waals surface area contributed by atoms with Crippen LogP contribution in [0.4, 0.5) is 17.3 Å². The minimum atomic E-state index is -0.222. The molecule has 2 aliphatic rings. The molecule has 5 rings (SSSR count). The summed E-state index contributed by atoms with van der Waals surface area (Å²) < 4.78 is 1.50. The molecule has 2 unspecified atom stereocenters. The van der Waals surface area contributed by atoms with Crippen molar-refractivity contribution in [3.8, 4) is 11.1 Å². The molecule has 0 saturated heterocycles. The van der Waals surface area contributed by atoms with E-state index in [0.29, 0.717) is 47.9 Å². The lowest BCUT2D eigenvalue weighted by molar-refractivity contribution is -0.106. The Morgan fingerprint density at radius 1 is 1.23 bits per heavy atom. The molecule has 3 aromatic rings. The fourth-order valence-corrected chi connectivity index (χ4v) is 6.05. The van der Waals surface area contributed by atoms with Gasteiger partial charge in [0, 0.05) is 75.1 Å². The quantitative estimate of drug-likeness (QED) is 0.403. The Hall–Kier alpha value is -4.05. The number of anilines is 3. The number of allylic oxidation sites excluding steroid dienone is 1. The molecule has 1 saturated carbocycles. The molecule has 0 spiro atoms. The first-order valence-corrected chi connectivity index (χ1v) is 13.2. The van der Waals surface area contributed by atoms with Gasteiger partial charge in [-0.15, -0.1) is 0 Å². The highest BCUT2D eigenvalue weighted by molar-refractivity contribution is 5.75. The monoisotopic (exact) mass is 529 g/mol. The van der Waals surface area contributed by atoms with Crippen LogP contribution in [0.2, 0.25) is 0 Å². The van der Waals surface area contributed by atoms with Crippen molar-refractivity contribution in [3.05, 3.63) is 70.8 Å². The Morgan fingerprint density at radius 2 is 2.05 bits per heavy atom. The fourth-order valence-electron chi connectivity index (χ4n) is 6.05. The molecule has 1 fully saturated rings. The van der Waals surface area contributed by atoms with Gasteiger partial charge in [-0.3, -0.25) is 14.6 Å². The van der Waals surface area contributed by atoms with Gasteiger partial charge in [0.05, 0.1) is 18.5 Å². The number of carbonyl (C=O) groups excluding carboxylic acids is 1. The second kappa shape index (κ2) is 10.6. The predicted octanol–water partition coefficient (Wildman–Crippen LogP) is 3.11. The van der Waals surface area contributed by atoms with Crippen molar-refractivity contribution < 1.29 is 9.90 Å². The average Bonchev–Trinajstić information content (AvgIpc) is 3.40. The summed E-state index contributed by atoms with van der Waals surface area (Å²) in [6.07, 6.45) is 13.4. The second-order valence-electron chi connectivity index (χ2n) is 11.2. The molecule has 2 atom stereocenters. The molecule has 3 aromatic heterocycles. The van der Waals surface area contributed by atoms with E-state index in [9.17, 15) is 14.7 Å². The van der Waals surface area contributed by atoms with Crippen molar-refractivity contribution in [2.75, 3.05) is 30.4 Å². The van der Waals surface area contributed by atoms with Gasteiger partial charge in [-0.2, -0.15) is 0 Å².